The summed E-state index contributed by atoms with van der Waals surface area (Å²) in [6, 6.07) is 12.2. The molecule has 9 heteroatoms. The van der Waals surface area contributed by atoms with E-state index >= 15 is 0 Å². The van der Waals surface area contributed by atoms with Gasteiger partial charge in [0.15, 0.2) is 10.9 Å². The van der Waals surface area contributed by atoms with Gasteiger partial charge in [0.05, 0.1) is 44.5 Å². The second-order valence-electron chi connectivity index (χ2n) is 8.06. The van der Waals surface area contributed by atoms with E-state index in [4.69, 9.17) is 4.74 Å². The van der Waals surface area contributed by atoms with Crippen LogP contribution in [-0.4, -0.2) is 33.9 Å². The van der Waals surface area contributed by atoms with Gasteiger partial charge in [0, 0.05) is 0 Å². The van der Waals surface area contributed by atoms with E-state index in [1.165, 1.54) is 27.6 Å². The highest BCUT2D eigenvalue weighted by molar-refractivity contribution is 7.22. The van der Waals surface area contributed by atoms with Crippen molar-refractivity contribution in [2.24, 2.45) is 0 Å². The number of nitrogens with zero attached hydrogens (tertiary/aromatic N) is 3. The number of rotatable bonds is 5. The van der Waals surface area contributed by atoms with E-state index in [9.17, 15) is 14.7 Å². The molecule has 0 aliphatic carbocycles. The standard InChI is InChI=1S/C25H21N3O4S2/c1-12-6-5-7-15(10-12)20-19(21(29)23-13(2)26-14(3)33-23)22(30)24(31)28(20)25-27-17-9-8-16(32-4)11-18(17)34-25/h5-11,20,30H,1-4H3. The minimum atomic E-state index is -0.816. The Morgan fingerprint density at radius 1 is 1.09 bits per heavy atom. The van der Waals surface area contributed by atoms with E-state index in [0.29, 0.717) is 27.0 Å². The first-order chi connectivity index (χ1) is 16.3. The molecule has 34 heavy (non-hydrogen) atoms. The molecule has 3 heterocycles. The van der Waals surface area contributed by atoms with E-state index in [2.05, 4.69) is 9.97 Å². The van der Waals surface area contributed by atoms with Crippen molar-refractivity contribution in [3.63, 3.8) is 0 Å². The van der Waals surface area contributed by atoms with Crippen molar-refractivity contribution in [2.45, 2.75) is 26.8 Å². The second-order valence-corrected chi connectivity index (χ2v) is 10.3. The number of benzene rings is 2. The van der Waals surface area contributed by atoms with Gasteiger partial charge >= 0.3 is 0 Å². The van der Waals surface area contributed by atoms with E-state index in [-0.39, 0.29) is 5.57 Å². The minimum absolute atomic E-state index is 0.0409. The summed E-state index contributed by atoms with van der Waals surface area (Å²) in [5.74, 6) is -0.928. The number of anilines is 1. The summed E-state index contributed by atoms with van der Waals surface area (Å²) in [7, 11) is 1.59. The van der Waals surface area contributed by atoms with Gasteiger partial charge in [-0.2, -0.15) is 0 Å². The first-order valence-corrected chi connectivity index (χ1v) is 12.2. The van der Waals surface area contributed by atoms with Gasteiger partial charge in [-0.25, -0.2) is 9.97 Å². The van der Waals surface area contributed by atoms with Crippen molar-refractivity contribution in [1.82, 2.24) is 9.97 Å². The van der Waals surface area contributed by atoms with Crippen molar-refractivity contribution in [1.29, 1.82) is 0 Å². The molecule has 0 radical (unpaired) electrons. The van der Waals surface area contributed by atoms with E-state index in [1.807, 2.05) is 50.2 Å². The third-order valence-electron chi connectivity index (χ3n) is 5.71. The maximum absolute atomic E-state index is 13.7. The number of ketones is 1. The van der Waals surface area contributed by atoms with Gasteiger partial charge < -0.3 is 9.84 Å². The van der Waals surface area contributed by atoms with Gasteiger partial charge in [0.1, 0.15) is 5.75 Å². The number of aromatic nitrogens is 2. The molecule has 0 saturated carbocycles. The number of aliphatic hydroxyl groups is 1. The van der Waals surface area contributed by atoms with Crippen LogP contribution in [0.15, 0.2) is 53.8 Å². The van der Waals surface area contributed by atoms with Crippen LogP contribution in [0.1, 0.15) is 37.5 Å². The predicted molar refractivity (Wildman–Crippen MR) is 133 cm³/mol. The Morgan fingerprint density at radius 3 is 2.56 bits per heavy atom. The van der Waals surface area contributed by atoms with Crippen molar-refractivity contribution >= 4 is 49.7 Å². The van der Waals surface area contributed by atoms with Crippen LogP contribution in [0.25, 0.3) is 10.2 Å². The van der Waals surface area contributed by atoms with Gasteiger partial charge in [-0.05, 0) is 44.5 Å². The molecule has 1 aliphatic heterocycles. The number of thiazole rings is 2. The van der Waals surface area contributed by atoms with Gasteiger partial charge in [0.25, 0.3) is 5.91 Å². The molecule has 0 fully saturated rings. The second kappa shape index (κ2) is 8.34. The average molecular weight is 492 g/mol. The molecule has 1 unspecified atom stereocenters. The molecule has 1 atom stereocenters. The number of ether oxygens (including phenoxy) is 1. The normalized spacial score (nSPS) is 16.1. The summed E-state index contributed by atoms with van der Waals surface area (Å²) in [6.45, 7) is 5.52. The summed E-state index contributed by atoms with van der Waals surface area (Å²) in [4.78, 5) is 37.9. The summed E-state index contributed by atoms with van der Waals surface area (Å²) >= 11 is 2.56. The molecule has 5 rings (SSSR count). The lowest BCUT2D eigenvalue weighted by Crippen LogP contribution is -2.31. The molecule has 1 N–H and O–H groups in total. The monoisotopic (exact) mass is 491 g/mol. The minimum Gasteiger partial charge on any atom is -0.503 e. The highest BCUT2D eigenvalue weighted by Crippen LogP contribution is 2.45. The Morgan fingerprint density at radius 2 is 1.88 bits per heavy atom. The third-order valence-corrected chi connectivity index (χ3v) is 7.80. The van der Waals surface area contributed by atoms with E-state index in [1.54, 1.807) is 20.1 Å². The molecular weight excluding hydrogens is 470 g/mol. The maximum atomic E-state index is 13.7. The van der Waals surface area contributed by atoms with E-state index < -0.39 is 23.5 Å². The lowest BCUT2D eigenvalue weighted by molar-refractivity contribution is -0.117. The molecule has 172 valence electrons. The average Bonchev–Trinajstić information content (AvgIpc) is 3.46. The molecule has 1 aliphatic rings. The van der Waals surface area contributed by atoms with Crippen LogP contribution in [0, 0.1) is 20.8 Å². The van der Waals surface area contributed by atoms with Gasteiger partial charge in [0.2, 0.25) is 5.78 Å². The smallest absolute Gasteiger partial charge is 0.296 e. The Bertz CT molecular complexity index is 1500. The van der Waals surface area contributed by atoms with Crippen LogP contribution >= 0.6 is 22.7 Å². The summed E-state index contributed by atoms with van der Waals surface area (Å²) in [6.07, 6.45) is 0. The first-order valence-electron chi connectivity index (χ1n) is 10.5. The fourth-order valence-electron chi connectivity index (χ4n) is 4.18. The Kier molecular flexibility index (Phi) is 5.45. The SMILES string of the molecule is COc1ccc2nc(N3C(=O)C(O)=C(C(=O)c4sc(C)nc4C)C3c3cccc(C)c3)sc2c1. The highest BCUT2D eigenvalue weighted by atomic mass is 32.1. The molecular formula is C25H21N3O4S2. The molecule has 7 nitrogen and oxygen atoms in total. The van der Waals surface area contributed by atoms with Crippen molar-refractivity contribution in [3.8, 4) is 5.75 Å². The molecule has 0 saturated heterocycles. The number of methoxy groups -OCH3 is 1. The Balaban J connectivity index is 1.69. The molecule has 2 aromatic carbocycles. The molecule has 0 spiro atoms. The Hall–Kier alpha value is -3.56. The zero-order chi connectivity index (χ0) is 24.1. The maximum Gasteiger partial charge on any atom is 0.296 e. The Labute approximate surface area is 204 Å². The zero-order valence-corrected chi connectivity index (χ0v) is 20.6. The lowest BCUT2D eigenvalue weighted by Gasteiger charge is -2.24. The zero-order valence-electron chi connectivity index (χ0n) is 18.9. The molecule has 1 amide bonds. The largest absolute Gasteiger partial charge is 0.503 e. The van der Waals surface area contributed by atoms with Crippen molar-refractivity contribution in [2.75, 3.05) is 12.0 Å². The van der Waals surface area contributed by atoms with Crippen molar-refractivity contribution in [3.05, 3.63) is 80.5 Å². The molecule has 4 aromatic rings. The number of carbonyl (C=O) groups excluding carboxylic acids is 2. The van der Waals surface area contributed by atoms with Crippen LogP contribution < -0.4 is 9.64 Å². The first kappa shape index (κ1) is 22.2. The van der Waals surface area contributed by atoms with Crippen LogP contribution in [0.4, 0.5) is 5.13 Å². The lowest BCUT2D eigenvalue weighted by atomic mass is 9.94. The highest BCUT2D eigenvalue weighted by Gasteiger charge is 2.46. The summed E-state index contributed by atoms with van der Waals surface area (Å²) in [5, 5.41) is 12.1. The molecule has 2 aromatic heterocycles. The number of aryl methyl sites for hydroxylation is 3. The van der Waals surface area contributed by atoms with Crippen LogP contribution in [-0.2, 0) is 4.79 Å². The fourth-order valence-corrected chi connectivity index (χ4v) is 6.07. The van der Waals surface area contributed by atoms with E-state index in [0.717, 1.165) is 20.8 Å². The quantitative estimate of drug-likeness (QED) is 0.372. The number of fused-ring (bicyclic) bond motifs is 1. The van der Waals surface area contributed by atoms with Gasteiger partial charge in [-0.15, -0.1) is 11.3 Å². The molecule has 0 bridgehead atoms. The number of Topliss-reactive ketones (excluding diaryl/α,β-unsaturated/α-hetero) is 1. The topological polar surface area (TPSA) is 92.6 Å². The van der Waals surface area contributed by atoms with Crippen LogP contribution in [0.3, 0.4) is 0 Å². The summed E-state index contributed by atoms with van der Waals surface area (Å²) < 4.78 is 6.14. The number of hydrogen-bond donors (Lipinski definition) is 1. The van der Waals surface area contributed by atoms with Gasteiger partial charge in [-0.1, -0.05) is 41.2 Å². The number of carbonyl (C=O) groups is 2. The third kappa shape index (κ3) is 3.57. The predicted octanol–water partition coefficient (Wildman–Crippen LogP) is 5.47. The van der Waals surface area contributed by atoms with Crippen molar-refractivity contribution < 1.29 is 19.4 Å². The van der Waals surface area contributed by atoms with Gasteiger partial charge in [-0.3, -0.25) is 14.5 Å². The fraction of sp³-hybridized carbons (Fsp3) is 0.200. The van der Waals surface area contributed by atoms with Crippen LogP contribution in [0.2, 0.25) is 0 Å². The summed E-state index contributed by atoms with van der Waals surface area (Å²) in [5.41, 5.74) is 3.01. The van der Waals surface area contributed by atoms with Crippen LogP contribution in [0.5, 0.6) is 5.75 Å². The number of aliphatic hydroxyl groups excluding tert-OH is 1. The number of hydrogen-bond acceptors (Lipinski definition) is 8. The number of amides is 1.